The summed E-state index contributed by atoms with van der Waals surface area (Å²) in [6.45, 7) is 1.85. The molecule has 2 heterocycles. The molecule has 1 aromatic heterocycles. The van der Waals surface area contributed by atoms with Gasteiger partial charge in [-0.15, -0.1) is 0 Å². The summed E-state index contributed by atoms with van der Waals surface area (Å²) >= 11 is 0. The van der Waals surface area contributed by atoms with Crippen LogP contribution in [-0.4, -0.2) is 63.8 Å². The van der Waals surface area contributed by atoms with Gasteiger partial charge in [0.25, 0.3) is 11.6 Å². The van der Waals surface area contributed by atoms with Crippen molar-refractivity contribution >= 4 is 23.2 Å². The van der Waals surface area contributed by atoms with Crippen LogP contribution in [-0.2, 0) is 6.18 Å². The Morgan fingerprint density at radius 2 is 1.76 bits per heavy atom. The Labute approximate surface area is 216 Å². The van der Waals surface area contributed by atoms with E-state index < -0.39 is 22.5 Å². The standard InChI is InChI=1S/C25H25F3N6O4/c1-32-13-11-18(12-14-32)33(2)23(35)16-3-5-17(6-4-16)30-24-29-15-21(25(26,27)28)22(31-24)38-20-9-7-19(8-10-20)34(36)37/h3-10,15,18H,11-14H2,1-2H3,(H,29,30,31). The summed E-state index contributed by atoms with van der Waals surface area (Å²) in [7, 11) is 3.84. The average Bonchev–Trinajstić information content (AvgIpc) is 2.88. The van der Waals surface area contributed by atoms with Crippen LogP contribution in [0.1, 0.15) is 28.8 Å². The Bertz CT molecular complexity index is 1290. The summed E-state index contributed by atoms with van der Waals surface area (Å²) in [6.07, 6.45) is -2.41. The number of benzene rings is 2. The zero-order valence-electron chi connectivity index (χ0n) is 20.6. The van der Waals surface area contributed by atoms with Crippen molar-refractivity contribution in [3.05, 3.63) is 76.0 Å². The first-order chi connectivity index (χ1) is 18.0. The van der Waals surface area contributed by atoms with Crippen molar-refractivity contribution in [2.24, 2.45) is 0 Å². The van der Waals surface area contributed by atoms with Gasteiger partial charge in [-0.1, -0.05) is 0 Å². The second kappa shape index (κ2) is 11.0. The molecule has 1 N–H and O–H groups in total. The number of nitro groups is 1. The molecule has 4 rings (SSSR count). The monoisotopic (exact) mass is 530 g/mol. The maximum absolute atomic E-state index is 13.5. The lowest BCUT2D eigenvalue weighted by Crippen LogP contribution is -2.44. The minimum atomic E-state index is -4.80. The summed E-state index contributed by atoms with van der Waals surface area (Å²) in [5.41, 5.74) is -0.519. The Kier molecular flexibility index (Phi) is 7.76. The molecule has 10 nitrogen and oxygen atoms in total. The van der Waals surface area contributed by atoms with Gasteiger partial charge < -0.3 is 19.9 Å². The topological polar surface area (TPSA) is 114 Å². The van der Waals surface area contributed by atoms with Crippen LogP contribution in [0, 0.1) is 10.1 Å². The lowest BCUT2D eigenvalue weighted by atomic mass is 10.0. The van der Waals surface area contributed by atoms with E-state index in [1.54, 1.807) is 36.2 Å². The number of nitro benzene ring substituents is 1. The third-order valence-electron chi connectivity index (χ3n) is 6.27. The molecule has 0 spiro atoms. The van der Waals surface area contributed by atoms with Gasteiger partial charge in [-0.3, -0.25) is 14.9 Å². The summed E-state index contributed by atoms with van der Waals surface area (Å²) in [6, 6.07) is 11.2. The SMILES string of the molecule is CN1CCC(N(C)C(=O)c2ccc(Nc3ncc(C(F)(F)F)c(Oc4ccc([N+](=O)[O-])cc4)n3)cc2)CC1. The van der Waals surface area contributed by atoms with Gasteiger partial charge in [0.1, 0.15) is 11.3 Å². The normalized spacial score (nSPS) is 14.7. The van der Waals surface area contributed by atoms with Gasteiger partial charge in [0.05, 0.1) is 4.92 Å². The van der Waals surface area contributed by atoms with E-state index in [-0.39, 0.29) is 29.3 Å². The molecule has 2 aromatic carbocycles. The molecule has 3 aromatic rings. The highest BCUT2D eigenvalue weighted by Gasteiger charge is 2.36. The lowest BCUT2D eigenvalue weighted by Gasteiger charge is -2.35. The Morgan fingerprint density at radius 1 is 1.13 bits per heavy atom. The van der Waals surface area contributed by atoms with Crippen LogP contribution < -0.4 is 10.1 Å². The molecule has 0 atom stereocenters. The van der Waals surface area contributed by atoms with E-state index in [9.17, 15) is 28.1 Å². The van der Waals surface area contributed by atoms with Crippen molar-refractivity contribution in [3.8, 4) is 11.6 Å². The molecule has 1 fully saturated rings. The predicted molar refractivity (Wildman–Crippen MR) is 133 cm³/mol. The van der Waals surface area contributed by atoms with Crippen LogP contribution in [0.3, 0.4) is 0 Å². The molecular formula is C25H25F3N6O4. The number of halogens is 3. The van der Waals surface area contributed by atoms with Crippen molar-refractivity contribution in [1.29, 1.82) is 0 Å². The number of piperidine rings is 1. The molecule has 200 valence electrons. The zero-order valence-corrected chi connectivity index (χ0v) is 20.6. The minimum Gasteiger partial charge on any atom is -0.438 e. The van der Waals surface area contributed by atoms with E-state index in [0.717, 1.165) is 38.1 Å². The number of amides is 1. The largest absolute Gasteiger partial charge is 0.438 e. The first-order valence-corrected chi connectivity index (χ1v) is 11.7. The number of carbonyl (C=O) groups is 1. The summed E-state index contributed by atoms with van der Waals surface area (Å²) in [5.74, 6) is -1.12. The highest BCUT2D eigenvalue weighted by atomic mass is 19.4. The molecule has 38 heavy (non-hydrogen) atoms. The summed E-state index contributed by atoms with van der Waals surface area (Å²) in [5, 5.41) is 13.6. The van der Waals surface area contributed by atoms with Crippen molar-refractivity contribution in [2.75, 3.05) is 32.5 Å². The Balaban J connectivity index is 1.49. The predicted octanol–water partition coefficient (Wildman–Crippen LogP) is 5.11. The molecule has 0 saturated carbocycles. The molecule has 0 bridgehead atoms. The minimum absolute atomic E-state index is 0.0673. The van der Waals surface area contributed by atoms with Crippen molar-refractivity contribution < 1.29 is 27.6 Å². The van der Waals surface area contributed by atoms with Crippen LogP contribution in [0.25, 0.3) is 0 Å². The molecule has 1 saturated heterocycles. The van der Waals surface area contributed by atoms with Gasteiger partial charge in [0.15, 0.2) is 0 Å². The second-order valence-electron chi connectivity index (χ2n) is 8.92. The van der Waals surface area contributed by atoms with Gasteiger partial charge in [-0.05, 0) is 69.4 Å². The fourth-order valence-corrected chi connectivity index (χ4v) is 4.02. The Morgan fingerprint density at radius 3 is 2.34 bits per heavy atom. The van der Waals surface area contributed by atoms with Crippen molar-refractivity contribution in [1.82, 2.24) is 19.8 Å². The van der Waals surface area contributed by atoms with Gasteiger partial charge in [-0.2, -0.15) is 18.2 Å². The number of aromatic nitrogens is 2. The summed E-state index contributed by atoms with van der Waals surface area (Å²) < 4.78 is 45.8. The molecule has 1 aliphatic rings. The third kappa shape index (κ3) is 6.35. The molecule has 0 unspecified atom stereocenters. The smallest absolute Gasteiger partial charge is 0.423 e. The van der Waals surface area contributed by atoms with E-state index in [1.165, 1.54) is 12.1 Å². The number of likely N-dealkylation sites (tertiary alicyclic amines) is 1. The molecule has 1 aliphatic heterocycles. The molecule has 0 aliphatic carbocycles. The van der Waals surface area contributed by atoms with Gasteiger partial charge in [0, 0.05) is 42.7 Å². The van der Waals surface area contributed by atoms with Crippen LogP contribution in [0.5, 0.6) is 11.6 Å². The number of ether oxygens (including phenoxy) is 1. The first-order valence-electron chi connectivity index (χ1n) is 11.7. The quantitative estimate of drug-likeness (QED) is 0.331. The van der Waals surface area contributed by atoms with Crippen LogP contribution >= 0.6 is 0 Å². The Hall–Kier alpha value is -4.26. The number of nitrogens with zero attached hydrogens (tertiary/aromatic N) is 5. The highest BCUT2D eigenvalue weighted by Crippen LogP contribution is 2.37. The first kappa shape index (κ1) is 26.8. The molecular weight excluding hydrogens is 505 g/mol. The van der Waals surface area contributed by atoms with Gasteiger partial charge >= 0.3 is 6.18 Å². The number of nitrogens with one attached hydrogen (secondary N) is 1. The summed E-state index contributed by atoms with van der Waals surface area (Å²) in [4.78, 5) is 34.7. The number of anilines is 2. The van der Waals surface area contributed by atoms with E-state index in [2.05, 4.69) is 27.2 Å². The van der Waals surface area contributed by atoms with E-state index in [0.29, 0.717) is 17.4 Å². The maximum atomic E-state index is 13.5. The van der Waals surface area contributed by atoms with E-state index >= 15 is 0 Å². The number of alkyl halides is 3. The third-order valence-corrected chi connectivity index (χ3v) is 6.27. The van der Waals surface area contributed by atoms with E-state index in [4.69, 9.17) is 4.74 Å². The maximum Gasteiger partial charge on any atom is 0.423 e. The van der Waals surface area contributed by atoms with Gasteiger partial charge in [-0.25, -0.2) is 4.98 Å². The molecule has 1 amide bonds. The highest BCUT2D eigenvalue weighted by molar-refractivity contribution is 5.94. The zero-order chi connectivity index (χ0) is 27.4. The number of hydrogen-bond acceptors (Lipinski definition) is 8. The fraction of sp³-hybridized carbons (Fsp3) is 0.320. The number of non-ortho nitro benzene ring substituents is 1. The van der Waals surface area contributed by atoms with E-state index in [1.807, 2.05) is 0 Å². The lowest BCUT2D eigenvalue weighted by molar-refractivity contribution is -0.384. The average molecular weight is 531 g/mol. The van der Waals surface area contributed by atoms with Gasteiger partial charge in [0.2, 0.25) is 11.8 Å². The fourth-order valence-electron chi connectivity index (χ4n) is 4.02. The second-order valence-corrected chi connectivity index (χ2v) is 8.92. The van der Waals surface area contributed by atoms with Crippen LogP contribution in [0.4, 0.5) is 30.5 Å². The van der Waals surface area contributed by atoms with Crippen molar-refractivity contribution in [3.63, 3.8) is 0 Å². The number of hydrogen-bond donors (Lipinski definition) is 1. The van der Waals surface area contributed by atoms with Crippen LogP contribution in [0.2, 0.25) is 0 Å². The molecule has 0 radical (unpaired) electrons. The number of carbonyl (C=O) groups excluding carboxylic acids is 1. The van der Waals surface area contributed by atoms with Crippen molar-refractivity contribution in [2.45, 2.75) is 25.1 Å². The van der Waals surface area contributed by atoms with Crippen LogP contribution in [0.15, 0.2) is 54.7 Å². The number of rotatable bonds is 7. The molecule has 13 heteroatoms.